The van der Waals surface area contributed by atoms with Gasteiger partial charge >= 0.3 is 5.97 Å². The smallest absolute Gasteiger partial charge is 0.339 e. The summed E-state index contributed by atoms with van der Waals surface area (Å²) < 4.78 is 6.29. The van der Waals surface area contributed by atoms with E-state index in [1.807, 2.05) is 0 Å². The fourth-order valence-corrected chi connectivity index (χ4v) is 3.64. The summed E-state index contributed by atoms with van der Waals surface area (Å²) in [6.07, 6.45) is 1.69. The quantitative estimate of drug-likeness (QED) is 0.768. The average Bonchev–Trinajstić information content (AvgIpc) is 2.79. The Morgan fingerprint density at radius 3 is 2.79 bits per heavy atom. The molecule has 1 aromatic carbocycles. The minimum atomic E-state index is -1.31. The molecule has 3 N–H and O–H groups in total. The third kappa shape index (κ3) is 1.50. The van der Waals surface area contributed by atoms with Crippen LogP contribution in [0.15, 0.2) is 16.6 Å². The second-order valence-electron chi connectivity index (χ2n) is 5.10. The summed E-state index contributed by atoms with van der Waals surface area (Å²) in [5, 5.41) is 29.7. The van der Waals surface area contributed by atoms with Crippen LogP contribution in [0.5, 0.6) is 5.75 Å². The number of aromatic carboxylic acids is 1. The van der Waals surface area contributed by atoms with Gasteiger partial charge in [-0.3, -0.25) is 0 Å². The van der Waals surface area contributed by atoms with Crippen molar-refractivity contribution in [2.75, 3.05) is 6.61 Å². The van der Waals surface area contributed by atoms with Crippen LogP contribution in [0.25, 0.3) is 0 Å². The molecule has 6 heteroatoms. The van der Waals surface area contributed by atoms with Crippen molar-refractivity contribution in [2.45, 2.75) is 30.5 Å². The van der Waals surface area contributed by atoms with Gasteiger partial charge in [-0.2, -0.15) is 0 Å². The van der Waals surface area contributed by atoms with Gasteiger partial charge in [0.1, 0.15) is 16.9 Å². The summed E-state index contributed by atoms with van der Waals surface area (Å²) in [6.45, 7) is -0.338. The number of rotatable bonds is 2. The molecule has 1 aromatic rings. The molecular weight excluding hydrogens is 316 g/mol. The molecule has 1 saturated carbocycles. The standard InChI is InChI=1S/C13H13BrO5/c14-7-4-8(11(16)17)10-9(5-7)13(18)3-1-2-12(13,6-15)19-10/h4-5,15,18H,1-3,6H2,(H,16,17). The highest BCUT2D eigenvalue weighted by atomic mass is 79.9. The Kier molecular flexibility index (Phi) is 2.68. The van der Waals surface area contributed by atoms with E-state index in [4.69, 9.17) is 4.74 Å². The minimum Gasteiger partial charge on any atom is -0.480 e. The van der Waals surface area contributed by atoms with Crippen LogP contribution in [0.2, 0.25) is 0 Å². The second kappa shape index (κ2) is 3.94. The molecule has 19 heavy (non-hydrogen) atoms. The van der Waals surface area contributed by atoms with E-state index >= 15 is 0 Å². The van der Waals surface area contributed by atoms with E-state index < -0.39 is 17.2 Å². The van der Waals surface area contributed by atoms with E-state index in [2.05, 4.69) is 15.9 Å². The molecule has 0 spiro atoms. The molecule has 0 aromatic heterocycles. The molecule has 102 valence electrons. The minimum absolute atomic E-state index is 0.0000231. The maximum Gasteiger partial charge on any atom is 0.339 e. The highest BCUT2D eigenvalue weighted by Crippen LogP contribution is 2.57. The number of benzene rings is 1. The molecule has 2 aliphatic rings. The molecule has 1 heterocycles. The normalized spacial score (nSPS) is 31.7. The lowest BCUT2D eigenvalue weighted by Gasteiger charge is -2.33. The van der Waals surface area contributed by atoms with Crippen molar-refractivity contribution in [2.24, 2.45) is 0 Å². The van der Waals surface area contributed by atoms with Crippen LogP contribution < -0.4 is 4.74 Å². The van der Waals surface area contributed by atoms with Crippen molar-refractivity contribution in [1.29, 1.82) is 0 Å². The van der Waals surface area contributed by atoms with Gasteiger partial charge < -0.3 is 20.1 Å². The van der Waals surface area contributed by atoms with Gasteiger partial charge in [-0.1, -0.05) is 15.9 Å². The molecule has 1 aliphatic heterocycles. The molecule has 5 nitrogen and oxygen atoms in total. The topological polar surface area (TPSA) is 87.0 Å². The van der Waals surface area contributed by atoms with Crippen molar-refractivity contribution in [1.82, 2.24) is 0 Å². The molecule has 0 radical (unpaired) electrons. The van der Waals surface area contributed by atoms with E-state index in [1.54, 1.807) is 6.07 Å². The van der Waals surface area contributed by atoms with Crippen LogP contribution in [0, 0.1) is 0 Å². The zero-order valence-corrected chi connectivity index (χ0v) is 11.6. The first-order valence-corrected chi connectivity index (χ1v) is 6.82. The van der Waals surface area contributed by atoms with Crippen LogP contribution in [0.3, 0.4) is 0 Å². The first-order chi connectivity index (χ1) is 8.93. The number of halogens is 1. The molecule has 2 unspecified atom stereocenters. The number of carboxylic acid groups (broad SMARTS) is 1. The monoisotopic (exact) mass is 328 g/mol. The largest absolute Gasteiger partial charge is 0.480 e. The van der Waals surface area contributed by atoms with Gasteiger partial charge in [-0.05, 0) is 31.4 Å². The first kappa shape index (κ1) is 12.9. The fraction of sp³-hybridized carbons (Fsp3) is 0.462. The van der Waals surface area contributed by atoms with Gasteiger partial charge in [0, 0.05) is 10.0 Å². The highest BCUT2D eigenvalue weighted by Gasteiger charge is 2.63. The Labute approximate surface area is 117 Å². The maximum atomic E-state index is 11.3. The van der Waals surface area contributed by atoms with Gasteiger partial charge in [-0.15, -0.1) is 0 Å². The summed E-state index contributed by atoms with van der Waals surface area (Å²) in [5.74, 6) is -0.943. The number of hydrogen-bond donors (Lipinski definition) is 3. The molecular formula is C13H13BrO5. The Bertz CT molecular complexity index is 572. The zero-order chi connectivity index (χ0) is 13.8. The van der Waals surface area contributed by atoms with Crippen LogP contribution >= 0.6 is 15.9 Å². The van der Waals surface area contributed by atoms with E-state index in [1.165, 1.54) is 6.07 Å². The number of carbonyl (C=O) groups is 1. The molecule has 2 atom stereocenters. The summed E-state index contributed by atoms with van der Waals surface area (Å²) in [5.41, 5.74) is -1.98. The molecule has 1 fully saturated rings. The molecule has 0 saturated heterocycles. The number of aliphatic hydroxyl groups excluding tert-OH is 1. The van der Waals surface area contributed by atoms with E-state index in [0.717, 1.165) is 6.42 Å². The van der Waals surface area contributed by atoms with Crippen molar-refractivity contribution < 1.29 is 24.9 Å². The van der Waals surface area contributed by atoms with Gasteiger partial charge in [0.15, 0.2) is 5.60 Å². The van der Waals surface area contributed by atoms with Crippen molar-refractivity contribution in [3.05, 3.63) is 27.7 Å². The van der Waals surface area contributed by atoms with Crippen LogP contribution in [-0.2, 0) is 5.60 Å². The lowest BCUT2D eigenvalue weighted by Crippen LogP contribution is -2.50. The fourth-order valence-electron chi connectivity index (χ4n) is 3.19. The summed E-state index contributed by atoms with van der Waals surface area (Å²) >= 11 is 3.25. The van der Waals surface area contributed by atoms with Gasteiger partial charge in [-0.25, -0.2) is 4.79 Å². The lowest BCUT2D eigenvalue weighted by molar-refractivity contribution is -0.116. The third-order valence-corrected chi connectivity index (χ3v) is 4.61. The average molecular weight is 329 g/mol. The predicted octanol–water partition coefficient (Wildman–Crippen LogP) is 1.64. The van der Waals surface area contributed by atoms with Crippen molar-refractivity contribution in [3.8, 4) is 5.75 Å². The van der Waals surface area contributed by atoms with E-state index in [-0.39, 0.29) is 17.9 Å². The van der Waals surface area contributed by atoms with E-state index in [9.17, 15) is 20.1 Å². The lowest BCUT2D eigenvalue weighted by atomic mass is 9.82. The Balaban J connectivity index is 2.26. The molecule has 1 aliphatic carbocycles. The Morgan fingerprint density at radius 2 is 2.16 bits per heavy atom. The number of fused-ring (bicyclic) bond motifs is 3. The summed E-state index contributed by atoms with van der Waals surface area (Å²) in [6, 6.07) is 3.11. The van der Waals surface area contributed by atoms with Crippen molar-refractivity contribution >= 4 is 21.9 Å². The predicted molar refractivity (Wildman–Crippen MR) is 69.3 cm³/mol. The second-order valence-corrected chi connectivity index (χ2v) is 6.02. The Hall–Kier alpha value is -1.11. The number of aliphatic hydroxyl groups is 2. The third-order valence-electron chi connectivity index (χ3n) is 4.16. The maximum absolute atomic E-state index is 11.3. The van der Waals surface area contributed by atoms with Crippen LogP contribution in [0.4, 0.5) is 0 Å². The molecule has 3 rings (SSSR count). The summed E-state index contributed by atoms with van der Waals surface area (Å²) in [7, 11) is 0. The van der Waals surface area contributed by atoms with Crippen LogP contribution in [-0.4, -0.2) is 33.5 Å². The van der Waals surface area contributed by atoms with Gasteiger partial charge in [0.25, 0.3) is 0 Å². The van der Waals surface area contributed by atoms with E-state index in [0.29, 0.717) is 22.9 Å². The SMILES string of the molecule is O=C(O)c1cc(Br)cc2c1OC1(CO)CCCC21O. The molecule has 0 amide bonds. The number of ether oxygens (including phenoxy) is 1. The molecule has 0 bridgehead atoms. The van der Waals surface area contributed by atoms with Crippen LogP contribution in [0.1, 0.15) is 35.2 Å². The van der Waals surface area contributed by atoms with Crippen molar-refractivity contribution in [3.63, 3.8) is 0 Å². The number of carboxylic acids is 1. The highest BCUT2D eigenvalue weighted by molar-refractivity contribution is 9.10. The summed E-state index contributed by atoms with van der Waals surface area (Å²) in [4.78, 5) is 11.3. The Morgan fingerprint density at radius 1 is 1.42 bits per heavy atom. The first-order valence-electron chi connectivity index (χ1n) is 6.03. The van der Waals surface area contributed by atoms with Gasteiger partial charge in [0.2, 0.25) is 0 Å². The van der Waals surface area contributed by atoms with Gasteiger partial charge in [0.05, 0.1) is 6.61 Å². The zero-order valence-electron chi connectivity index (χ0n) is 10.0. The number of hydrogen-bond acceptors (Lipinski definition) is 4.